The van der Waals surface area contributed by atoms with Crippen molar-refractivity contribution in [1.29, 1.82) is 0 Å². The number of carbonyl (C=O) groups excluding carboxylic acids is 2. The van der Waals surface area contributed by atoms with Crippen LogP contribution in [0.3, 0.4) is 0 Å². The molecule has 0 fully saturated rings. The number of nitrogens with one attached hydrogen (secondary N) is 1. The Kier molecular flexibility index (Phi) is 9.59. The van der Waals surface area contributed by atoms with E-state index in [4.69, 9.17) is 14.2 Å². The number of carbonyl (C=O) groups is 2. The molecule has 1 aromatic heterocycles. The second kappa shape index (κ2) is 12.6. The van der Waals surface area contributed by atoms with E-state index < -0.39 is 0 Å². The first-order valence-electron chi connectivity index (χ1n) is 11.8. The molecular weight excluding hydrogens is 448 g/mol. The molecule has 1 aliphatic heterocycles. The molecule has 3 atom stereocenters. The molecule has 3 rings (SSSR count). The molecular formula is C26H36N4O5. The van der Waals surface area contributed by atoms with Gasteiger partial charge in [-0.15, -0.1) is 0 Å². The number of ether oxygens (including phenoxy) is 3. The molecule has 0 bridgehead atoms. The van der Waals surface area contributed by atoms with Crippen molar-refractivity contribution in [2.24, 2.45) is 5.92 Å². The molecule has 0 saturated carbocycles. The Hall–Kier alpha value is -3.01. The number of rotatable bonds is 6. The molecule has 0 aliphatic carbocycles. The van der Waals surface area contributed by atoms with Crippen LogP contribution < -0.4 is 10.1 Å². The summed E-state index contributed by atoms with van der Waals surface area (Å²) in [5, 5.41) is 2.76. The van der Waals surface area contributed by atoms with Crippen LogP contribution in [0, 0.1) is 5.92 Å². The van der Waals surface area contributed by atoms with Crippen LogP contribution in [0.25, 0.3) is 0 Å². The minimum absolute atomic E-state index is 0.0698. The summed E-state index contributed by atoms with van der Waals surface area (Å²) in [6.07, 6.45) is 3.45. The molecule has 1 aliphatic rings. The minimum Gasteiger partial charge on any atom is -0.491 e. The standard InChI is InChI=1S/C26H36N4O5/c1-18-13-30(14-20-8-10-27-11-9-20)19(2)16-35-23-7-6-21(28-25(31)17-33-4)12-22(23)26(32)29(3)15-24(18)34-5/h6-12,18-19,24H,13-17H2,1-5H3,(H,28,31)/t18-,19-,24+/m0/s1. The predicted octanol–water partition coefficient (Wildman–Crippen LogP) is 2.67. The quantitative estimate of drug-likeness (QED) is 0.674. The summed E-state index contributed by atoms with van der Waals surface area (Å²) < 4.78 is 16.9. The van der Waals surface area contributed by atoms with Crippen LogP contribution in [0.1, 0.15) is 29.8 Å². The summed E-state index contributed by atoms with van der Waals surface area (Å²) in [7, 11) is 4.89. The zero-order chi connectivity index (χ0) is 25.4. The lowest BCUT2D eigenvalue weighted by atomic mass is 10.0. The molecule has 2 amide bonds. The second-order valence-electron chi connectivity index (χ2n) is 9.07. The van der Waals surface area contributed by atoms with Gasteiger partial charge in [0, 0.05) is 65.0 Å². The number of anilines is 1. The molecule has 0 unspecified atom stereocenters. The molecule has 190 valence electrons. The maximum Gasteiger partial charge on any atom is 0.257 e. The summed E-state index contributed by atoms with van der Waals surface area (Å²) in [6, 6.07) is 9.21. The van der Waals surface area contributed by atoms with Crippen molar-refractivity contribution >= 4 is 17.5 Å². The van der Waals surface area contributed by atoms with Crippen molar-refractivity contribution < 1.29 is 23.8 Å². The Morgan fingerprint density at radius 3 is 2.60 bits per heavy atom. The van der Waals surface area contributed by atoms with Crippen LogP contribution in [0.5, 0.6) is 5.75 Å². The van der Waals surface area contributed by atoms with Crippen molar-refractivity contribution in [3.63, 3.8) is 0 Å². The zero-order valence-corrected chi connectivity index (χ0v) is 21.2. The lowest BCUT2D eigenvalue weighted by Gasteiger charge is -2.36. The first-order chi connectivity index (χ1) is 16.8. The van der Waals surface area contributed by atoms with Gasteiger partial charge in [-0.05, 0) is 48.7 Å². The smallest absolute Gasteiger partial charge is 0.257 e. The number of benzene rings is 1. The summed E-state index contributed by atoms with van der Waals surface area (Å²) >= 11 is 0. The van der Waals surface area contributed by atoms with Crippen molar-refractivity contribution in [1.82, 2.24) is 14.8 Å². The fourth-order valence-corrected chi connectivity index (χ4v) is 4.20. The average molecular weight is 485 g/mol. The highest BCUT2D eigenvalue weighted by molar-refractivity contribution is 5.99. The van der Waals surface area contributed by atoms with Crippen LogP contribution in [-0.4, -0.2) is 86.3 Å². The van der Waals surface area contributed by atoms with Gasteiger partial charge in [-0.2, -0.15) is 0 Å². The first kappa shape index (κ1) is 26.6. The Bertz CT molecular complexity index is 987. The van der Waals surface area contributed by atoms with E-state index in [1.54, 1.807) is 49.7 Å². The van der Waals surface area contributed by atoms with Gasteiger partial charge in [0.2, 0.25) is 5.91 Å². The first-order valence-corrected chi connectivity index (χ1v) is 11.8. The van der Waals surface area contributed by atoms with Gasteiger partial charge >= 0.3 is 0 Å². The van der Waals surface area contributed by atoms with Crippen molar-refractivity contribution in [2.75, 3.05) is 52.9 Å². The molecule has 9 heteroatoms. The SMILES string of the molecule is COCC(=O)Nc1ccc2c(c1)C(=O)N(C)C[C@@H](OC)[C@@H](C)CN(Cc1ccncc1)[C@@H](C)CO2. The third-order valence-corrected chi connectivity index (χ3v) is 6.27. The number of likely N-dealkylation sites (N-methyl/N-ethyl adjacent to an activating group) is 1. The van der Waals surface area contributed by atoms with Gasteiger partial charge < -0.3 is 24.4 Å². The van der Waals surface area contributed by atoms with Crippen molar-refractivity contribution in [3.05, 3.63) is 53.9 Å². The van der Waals surface area contributed by atoms with E-state index in [0.29, 0.717) is 30.2 Å². The fraction of sp³-hybridized carbons (Fsp3) is 0.500. The van der Waals surface area contributed by atoms with E-state index in [-0.39, 0.29) is 36.5 Å². The van der Waals surface area contributed by atoms with Gasteiger partial charge in [0.25, 0.3) is 5.91 Å². The maximum absolute atomic E-state index is 13.4. The number of pyridine rings is 1. The highest BCUT2D eigenvalue weighted by Crippen LogP contribution is 2.26. The molecule has 0 spiro atoms. The van der Waals surface area contributed by atoms with Crippen LogP contribution in [-0.2, 0) is 20.8 Å². The maximum atomic E-state index is 13.4. The van der Waals surface area contributed by atoms with Crippen molar-refractivity contribution in [2.45, 2.75) is 32.5 Å². The van der Waals surface area contributed by atoms with Gasteiger partial charge in [-0.3, -0.25) is 19.5 Å². The number of hydrogen-bond donors (Lipinski definition) is 1. The zero-order valence-electron chi connectivity index (χ0n) is 21.2. The Labute approximate surface area is 207 Å². The van der Waals surface area contributed by atoms with Crippen LogP contribution >= 0.6 is 0 Å². The summed E-state index contributed by atoms with van der Waals surface area (Å²) in [4.78, 5) is 33.5. The van der Waals surface area contributed by atoms with E-state index in [0.717, 1.165) is 13.1 Å². The van der Waals surface area contributed by atoms with E-state index in [1.807, 2.05) is 12.1 Å². The highest BCUT2D eigenvalue weighted by Gasteiger charge is 2.28. The number of methoxy groups -OCH3 is 2. The largest absolute Gasteiger partial charge is 0.491 e. The molecule has 1 aromatic carbocycles. The minimum atomic E-state index is -0.295. The van der Waals surface area contributed by atoms with E-state index in [9.17, 15) is 9.59 Å². The number of amides is 2. The molecule has 1 N–H and O–H groups in total. The molecule has 9 nitrogen and oxygen atoms in total. The normalized spacial score (nSPS) is 21.9. The summed E-state index contributed by atoms with van der Waals surface area (Å²) in [6.45, 7) is 6.55. The van der Waals surface area contributed by atoms with E-state index in [1.165, 1.54) is 12.7 Å². The fourth-order valence-electron chi connectivity index (χ4n) is 4.20. The highest BCUT2D eigenvalue weighted by atomic mass is 16.5. The van der Waals surface area contributed by atoms with Gasteiger partial charge in [0.1, 0.15) is 19.0 Å². The third-order valence-electron chi connectivity index (χ3n) is 6.27. The predicted molar refractivity (Wildman–Crippen MR) is 133 cm³/mol. The molecule has 0 radical (unpaired) electrons. The molecule has 2 aromatic rings. The topological polar surface area (TPSA) is 93.2 Å². The number of fused-ring (bicyclic) bond motifs is 1. The lowest BCUT2D eigenvalue weighted by Crippen LogP contribution is -2.46. The van der Waals surface area contributed by atoms with Crippen molar-refractivity contribution in [3.8, 4) is 5.75 Å². The van der Waals surface area contributed by atoms with Crippen LogP contribution in [0.15, 0.2) is 42.7 Å². The van der Waals surface area contributed by atoms with Gasteiger partial charge in [0.05, 0.1) is 11.7 Å². The summed E-state index contributed by atoms with van der Waals surface area (Å²) in [5.41, 5.74) is 2.06. The molecule has 2 heterocycles. The van der Waals surface area contributed by atoms with E-state index >= 15 is 0 Å². The van der Waals surface area contributed by atoms with Gasteiger partial charge in [-0.1, -0.05) is 6.92 Å². The Morgan fingerprint density at radius 2 is 1.91 bits per heavy atom. The van der Waals surface area contributed by atoms with Gasteiger partial charge in [0.15, 0.2) is 0 Å². The third kappa shape index (κ3) is 7.24. The molecule has 0 saturated heterocycles. The summed E-state index contributed by atoms with van der Waals surface area (Å²) in [5.74, 6) is 0.151. The second-order valence-corrected chi connectivity index (χ2v) is 9.07. The molecule has 35 heavy (non-hydrogen) atoms. The monoisotopic (exact) mass is 484 g/mol. The number of hydrogen-bond acceptors (Lipinski definition) is 7. The number of aromatic nitrogens is 1. The average Bonchev–Trinajstić information content (AvgIpc) is 2.85. The Morgan fingerprint density at radius 1 is 1.17 bits per heavy atom. The van der Waals surface area contributed by atoms with Crippen LogP contribution in [0.2, 0.25) is 0 Å². The lowest BCUT2D eigenvalue weighted by molar-refractivity contribution is -0.119. The van der Waals surface area contributed by atoms with Crippen LogP contribution in [0.4, 0.5) is 5.69 Å². The van der Waals surface area contributed by atoms with Gasteiger partial charge in [-0.25, -0.2) is 0 Å². The number of nitrogens with zero attached hydrogens (tertiary/aromatic N) is 3. The van der Waals surface area contributed by atoms with E-state index in [2.05, 4.69) is 29.0 Å². The Balaban J connectivity index is 1.92.